The van der Waals surface area contributed by atoms with Crippen LogP contribution in [0.1, 0.15) is 46.5 Å². The smallest absolute Gasteiger partial charge is 0.410 e. The second kappa shape index (κ2) is 7.70. The Bertz CT molecular complexity index is 456. The zero-order valence-electron chi connectivity index (χ0n) is 15.0. The third-order valence-electron chi connectivity index (χ3n) is 4.35. The summed E-state index contributed by atoms with van der Waals surface area (Å²) in [7, 11) is 0. The van der Waals surface area contributed by atoms with Crippen molar-refractivity contribution in [2.24, 2.45) is 5.92 Å². The van der Waals surface area contributed by atoms with Gasteiger partial charge in [-0.05, 0) is 52.4 Å². The molecule has 2 aliphatic heterocycles. The van der Waals surface area contributed by atoms with Gasteiger partial charge in [0.15, 0.2) is 5.60 Å². The largest absolute Gasteiger partial charge is 0.444 e. The molecule has 2 heterocycles. The van der Waals surface area contributed by atoms with E-state index in [-0.39, 0.29) is 12.5 Å². The SMILES string of the molecule is CC(C)(C)OC(=O)N1CCC[C@@](O)(C(=O)NC[C@H]2CCCOC2)C1. The Labute approximate surface area is 143 Å². The highest BCUT2D eigenvalue weighted by Crippen LogP contribution is 2.23. The standard InChI is InChI=1S/C17H30N2O5/c1-16(2,3)24-15(21)19-8-5-7-17(22,12-19)14(20)18-10-13-6-4-9-23-11-13/h13,22H,4-12H2,1-3H3,(H,18,20)/t13-,17+/m1/s1. The van der Waals surface area contributed by atoms with Crippen LogP contribution in [0.2, 0.25) is 0 Å². The minimum atomic E-state index is -1.55. The number of ether oxygens (including phenoxy) is 2. The number of piperidine rings is 1. The van der Waals surface area contributed by atoms with Crippen LogP contribution in [-0.2, 0) is 14.3 Å². The molecular formula is C17H30N2O5. The van der Waals surface area contributed by atoms with E-state index < -0.39 is 23.2 Å². The molecule has 2 fully saturated rings. The molecule has 0 aromatic rings. The van der Waals surface area contributed by atoms with Crippen LogP contribution in [0.25, 0.3) is 0 Å². The first-order valence-electron chi connectivity index (χ1n) is 8.76. The van der Waals surface area contributed by atoms with Crippen LogP contribution < -0.4 is 5.32 Å². The Morgan fingerprint density at radius 3 is 2.75 bits per heavy atom. The van der Waals surface area contributed by atoms with E-state index in [1.807, 2.05) is 0 Å². The summed E-state index contributed by atoms with van der Waals surface area (Å²) in [5.74, 6) is -0.127. The van der Waals surface area contributed by atoms with E-state index in [2.05, 4.69) is 5.32 Å². The Hall–Kier alpha value is -1.34. The number of amides is 2. The van der Waals surface area contributed by atoms with Crippen molar-refractivity contribution in [3.8, 4) is 0 Å². The van der Waals surface area contributed by atoms with E-state index >= 15 is 0 Å². The molecule has 2 N–H and O–H groups in total. The van der Waals surface area contributed by atoms with Crippen molar-refractivity contribution in [2.75, 3.05) is 32.8 Å². The van der Waals surface area contributed by atoms with Gasteiger partial charge in [0.25, 0.3) is 5.91 Å². The van der Waals surface area contributed by atoms with E-state index in [0.29, 0.717) is 32.5 Å². The lowest BCUT2D eigenvalue weighted by Crippen LogP contribution is -2.59. The van der Waals surface area contributed by atoms with E-state index in [1.54, 1.807) is 20.8 Å². The molecule has 138 valence electrons. The lowest BCUT2D eigenvalue weighted by atomic mass is 9.91. The van der Waals surface area contributed by atoms with Crippen LogP contribution in [0.3, 0.4) is 0 Å². The summed E-state index contributed by atoms with van der Waals surface area (Å²) in [4.78, 5) is 26.0. The number of β-amino-alcohol motifs (C(OH)–C–C–N with tert-alkyl or cyclic N) is 1. The fourth-order valence-electron chi connectivity index (χ4n) is 3.07. The number of nitrogens with one attached hydrogen (secondary N) is 1. The molecule has 2 rings (SSSR count). The van der Waals surface area contributed by atoms with Crippen molar-refractivity contribution in [1.29, 1.82) is 0 Å². The monoisotopic (exact) mass is 342 g/mol. The number of hydrogen-bond donors (Lipinski definition) is 2. The summed E-state index contributed by atoms with van der Waals surface area (Å²) < 4.78 is 10.7. The molecule has 0 radical (unpaired) electrons. The number of carbonyl (C=O) groups excluding carboxylic acids is 2. The summed E-state index contributed by atoms with van der Waals surface area (Å²) in [5.41, 5.74) is -2.15. The maximum atomic E-state index is 12.4. The second-order valence-electron chi connectivity index (χ2n) is 7.83. The van der Waals surface area contributed by atoms with Gasteiger partial charge in [-0.15, -0.1) is 0 Å². The number of likely N-dealkylation sites (tertiary alicyclic amines) is 1. The Morgan fingerprint density at radius 1 is 1.38 bits per heavy atom. The van der Waals surface area contributed by atoms with Crippen molar-refractivity contribution < 1.29 is 24.2 Å². The van der Waals surface area contributed by atoms with Gasteiger partial charge in [-0.3, -0.25) is 4.79 Å². The number of rotatable bonds is 3. The topological polar surface area (TPSA) is 88.1 Å². The minimum absolute atomic E-state index is 0.0328. The molecule has 0 spiro atoms. The number of aliphatic hydroxyl groups is 1. The van der Waals surface area contributed by atoms with Gasteiger partial charge < -0.3 is 24.8 Å². The van der Waals surface area contributed by atoms with Crippen LogP contribution in [-0.4, -0.2) is 66.1 Å². The third kappa shape index (κ3) is 5.34. The molecule has 7 nitrogen and oxygen atoms in total. The molecule has 24 heavy (non-hydrogen) atoms. The minimum Gasteiger partial charge on any atom is -0.444 e. The normalized spacial score (nSPS) is 28.3. The second-order valence-corrected chi connectivity index (χ2v) is 7.83. The summed E-state index contributed by atoms with van der Waals surface area (Å²) in [5, 5.41) is 13.5. The molecule has 7 heteroatoms. The lowest BCUT2D eigenvalue weighted by molar-refractivity contribution is -0.145. The summed E-state index contributed by atoms with van der Waals surface area (Å²) in [6.07, 6.45) is 2.43. The van der Waals surface area contributed by atoms with Crippen LogP contribution in [0, 0.1) is 5.92 Å². The molecular weight excluding hydrogens is 312 g/mol. The fourth-order valence-corrected chi connectivity index (χ4v) is 3.07. The van der Waals surface area contributed by atoms with Crippen LogP contribution in [0.5, 0.6) is 0 Å². The highest BCUT2D eigenvalue weighted by molar-refractivity contribution is 5.86. The fraction of sp³-hybridized carbons (Fsp3) is 0.882. The molecule has 0 aliphatic carbocycles. The predicted molar refractivity (Wildman–Crippen MR) is 88.5 cm³/mol. The van der Waals surface area contributed by atoms with Gasteiger partial charge in [0, 0.05) is 19.7 Å². The molecule has 0 aromatic carbocycles. The van der Waals surface area contributed by atoms with Gasteiger partial charge in [0.2, 0.25) is 0 Å². The van der Waals surface area contributed by atoms with Crippen molar-refractivity contribution in [3.63, 3.8) is 0 Å². The first-order valence-corrected chi connectivity index (χ1v) is 8.76. The van der Waals surface area contributed by atoms with Crippen LogP contribution in [0.4, 0.5) is 4.79 Å². The lowest BCUT2D eigenvalue weighted by Gasteiger charge is -2.38. The van der Waals surface area contributed by atoms with Gasteiger partial charge in [-0.25, -0.2) is 4.79 Å². The number of hydrogen-bond acceptors (Lipinski definition) is 5. The van der Waals surface area contributed by atoms with Gasteiger partial charge in [-0.1, -0.05) is 0 Å². The first kappa shape index (κ1) is 19.0. The van der Waals surface area contributed by atoms with Gasteiger partial charge in [0.1, 0.15) is 5.60 Å². The van der Waals surface area contributed by atoms with Gasteiger partial charge in [0.05, 0.1) is 13.2 Å². The van der Waals surface area contributed by atoms with E-state index in [9.17, 15) is 14.7 Å². The molecule has 0 bridgehead atoms. The quantitative estimate of drug-likeness (QED) is 0.807. The van der Waals surface area contributed by atoms with E-state index in [1.165, 1.54) is 4.90 Å². The molecule has 2 atom stereocenters. The highest BCUT2D eigenvalue weighted by Gasteiger charge is 2.42. The average molecular weight is 342 g/mol. The van der Waals surface area contributed by atoms with Crippen molar-refractivity contribution >= 4 is 12.0 Å². The third-order valence-corrected chi connectivity index (χ3v) is 4.35. The van der Waals surface area contributed by atoms with Crippen molar-refractivity contribution in [3.05, 3.63) is 0 Å². The summed E-state index contributed by atoms with van der Waals surface area (Å²) in [6.45, 7) is 7.74. The number of carbonyl (C=O) groups is 2. The zero-order chi connectivity index (χ0) is 17.8. The maximum Gasteiger partial charge on any atom is 0.410 e. The average Bonchev–Trinajstić information content (AvgIpc) is 2.52. The molecule has 0 saturated carbocycles. The molecule has 2 saturated heterocycles. The Kier molecular flexibility index (Phi) is 6.09. The number of nitrogens with zero attached hydrogens (tertiary/aromatic N) is 1. The zero-order valence-corrected chi connectivity index (χ0v) is 15.0. The summed E-state index contributed by atoms with van der Waals surface area (Å²) >= 11 is 0. The van der Waals surface area contributed by atoms with Gasteiger partial charge in [-0.2, -0.15) is 0 Å². The van der Waals surface area contributed by atoms with Gasteiger partial charge >= 0.3 is 6.09 Å². The Balaban J connectivity index is 1.87. The van der Waals surface area contributed by atoms with Crippen molar-refractivity contribution in [2.45, 2.75) is 57.7 Å². The predicted octanol–water partition coefficient (Wildman–Crippen LogP) is 1.29. The molecule has 0 aromatic heterocycles. The molecule has 2 amide bonds. The molecule has 2 aliphatic rings. The Morgan fingerprint density at radius 2 is 2.12 bits per heavy atom. The van der Waals surface area contributed by atoms with Crippen LogP contribution in [0.15, 0.2) is 0 Å². The first-order chi connectivity index (χ1) is 11.2. The van der Waals surface area contributed by atoms with Crippen molar-refractivity contribution in [1.82, 2.24) is 10.2 Å². The van der Waals surface area contributed by atoms with E-state index in [0.717, 1.165) is 19.4 Å². The molecule has 0 unspecified atom stereocenters. The summed E-state index contributed by atoms with van der Waals surface area (Å²) in [6, 6.07) is 0. The highest BCUT2D eigenvalue weighted by atomic mass is 16.6. The van der Waals surface area contributed by atoms with E-state index in [4.69, 9.17) is 9.47 Å². The maximum absolute atomic E-state index is 12.4. The van der Waals surface area contributed by atoms with Crippen LogP contribution >= 0.6 is 0 Å².